The van der Waals surface area contributed by atoms with Crippen LogP contribution < -0.4 is 16.2 Å². The van der Waals surface area contributed by atoms with Gasteiger partial charge in [-0.05, 0) is 61.1 Å². The van der Waals surface area contributed by atoms with E-state index in [1.54, 1.807) is 12.4 Å². The zero-order chi connectivity index (χ0) is 19.3. The van der Waals surface area contributed by atoms with Crippen LogP contribution in [0.1, 0.15) is 41.5 Å². The maximum absolute atomic E-state index is 12.5. The van der Waals surface area contributed by atoms with Crippen LogP contribution in [0.3, 0.4) is 0 Å². The summed E-state index contributed by atoms with van der Waals surface area (Å²) in [6, 6.07) is 12.6. The average Bonchev–Trinajstić information content (AvgIpc) is 3.39. The fourth-order valence-electron chi connectivity index (χ4n) is 4.34. The van der Waals surface area contributed by atoms with Crippen molar-refractivity contribution in [3.8, 4) is 0 Å². The summed E-state index contributed by atoms with van der Waals surface area (Å²) in [5.41, 5.74) is 10.3. The first kappa shape index (κ1) is 19.1. The molecular formula is C22H29N5O. The van der Waals surface area contributed by atoms with Crippen molar-refractivity contribution in [1.82, 2.24) is 26.1 Å². The van der Waals surface area contributed by atoms with E-state index >= 15 is 0 Å². The molecule has 28 heavy (non-hydrogen) atoms. The molecule has 148 valence electrons. The minimum Gasteiger partial charge on any atom is -0.353 e. The molecule has 1 amide bonds. The number of aryl methyl sites for hydroxylation is 1. The van der Waals surface area contributed by atoms with Crippen molar-refractivity contribution in [2.24, 2.45) is 0 Å². The molecule has 3 unspecified atom stereocenters. The van der Waals surface area contributed by atoms with E-state index in [0.29, 0.717) is 12.5 Å². The number of pyridine rings is 1. The molecule has 2 fully saturated rings. The lowest BCUT2D eigenvalue weighted by molar-refractivity contribution is -0.122. The van der Waals surface area contributed by atoms with E-state index in [1.165, 1.54) is 17.5 Å². The van der Waals surface area contributed by atoms with E-state index in [4.69, 9.17) is 0 Å². The van der Waals surface area contributed by atoms with Crippen LogP contribution in [-0.2, 0) is 4.79 Å². The Labute approximate surface area is 166 Å². The standard InChI is InChI=1S/C22H29N5O/c1-16-4-2-3-5-19(16)18-8-12-27(15-18)13-11-24-22(28)21-14-20(25-26-21)17-6-9-23-10-7-17/h2-7,9-10,18,20-21,25-26H,8,11-15H2,1H3,(H,24,28). The van der Waals surface area contributed by atoms with E-state index in [1.807, 2.05) is 12.1 Å². The number of carbonyl (C=O) groups is 1. The summed E-state index contributed by atoms with van der Waals surface area (Å²) in [5, 5.41) is 3.09. The lowest BCUT2D eigenvalue weighted by atomic mass is 9.94. The summed E-state index contributed by atoms with van der Waals surface area (Å²) in [4.78, 5) is 19.0. The normalized spacial score (nSPS) is 25.1. The fourth-order valence-corrected chi connectivity index (χ4v) is 4.34. The lowest BCUT2D eigenvalue weighted by Crippen LogP contribution is -2.45. The second kappa shape index (κ2) is 8.82. The molecule has 0 bridgehead atoms. The molecule has 0 radical (unpaired) electrons. The Kier molecular flexibility index (Phi) is 6.00. The Bertz CT molecular complexity index is 797. The monoisotopic (exact) mass is 379 g/mol. The number of nitrogens with zero attached hydrogens (tertiary/aromatic N) is 2. The van der Waals surface area contributed by atoms with Gasteiger partial charge in [0.05, 0.1) is 0 Å². The molecular weight excluding hydrogens is 350 g/mol. The summed E-state index contributed by atoms with van der Waals surface area (Å²) in [5.74, 6) is 0.678. The molecule has 6 nitrogen and oxygen atoms in total. The van der Waals surface area contributed by atoms with E-state index in [2.05, 4.69) is 57.2 Å². The highest BCUT2D eigenvalue weighted by Gasteiger charge is 2.30. The van der Waals surface area contributed by atoms with Crippen LogP contribution in [0.5, 0.6) is 0 Å². The smallest absolute Gasteiger partial charge is 0.238 e. The number of likely N-dealkylation sites (tertiary alicyclic amines) is 1. The average molecular weight is 380 g/mol. The summed E-state index contributed by atoms with van der Waals surface area (Å²) in [6.07, 6.45) is 5.50. The summed E-state index contributed by atoms with van der Waals surface area (Å²) >= 11 is 0. The van der Waals surface area contributed by atoms with Crippen LogP contribution in [0.25, 0.3) is 0 Å². The van der Waals surface area contributed by atoms with Gasteiger partial charge in [-0.3, -0.25) is 9.78 Å². The molecule has 2 saturated heterocycles. The molecule has 0 saturated carbocycles. The zero-order valence-corrected chi connectivity index (χ0v) is 16.4. The molecule has 2 aliphatic heterocycles. The van der Waals surface area contributed by atoms with Crippen molar-refractivity contribution in [3.63, 3.8) is 0 Å². The molecule has 6 heteroatoms. The SMILES string of the molecule is Cc1ccccc1C1CCN(CCNC(=O)C2CC(c3ccncc3)NN2)C1. The summed E-state index contributed by atoms with van der Waals surface area (Å²) < 4.78 is 0. The van der Waals surface area contributed by atoms with Crippen LogP contribution in [0.15, 0.2) is 48.8 Å². The van der Waals surface area contributed by atoms with E-state index in [0.717, 1.165) is 31.6 Å². The molecule has 2 aliphatic rings. The van der Waals surface area contributed by atoms with Crippen molar-refractivity contribution < 1.29 is 4.79 Å². The van der Waals surface area contributed by atoms with Gasteiger partial charge in [-0.2, -0.15) is 0 Å². The number of aromatic nitrogens is 1. The Morgan fingerprint density at radius 2 is 2.04 bits per heavy atom. The second-order valence-electron chi connectivity index (χ2n) is 7.84. The molecule has 2 aromatic rings. The summed E-state index contributed by atoms with van der Waals surface area (Å²) in [7, 11) is 0. The number of hydrogen-bond acceptors (Lipinski definition) is 5. The second-order valence-corrected chi connectivity index (χ2v) is 7.84. The van der Waals surface area contributed by atoms with Crippen LogP contribution >= 0.6 is 0 Å². The number of rotatable bonds is 6. The van der Waals surface area contributed by atoms with Gasteiger partial charge in [0.2, 0.25) is 5.91 Å². The lowest BCUT2D eigenvalue weighted by Gasteiger charge is -2.18. The van der Waals surface area contributed by atoms with E-state index < -0.39 is 0 Å². The molecule has 0 spiro atoms. The highest BCUT2D eigenvalue weighted by Crippen LogP contribution is 2.29. The van der Waals surface area contributed by atoms with Gasteiger partial charge in [0.15, 0.2) is 0 Å². The maximum Gasteiger partial charge on any atom is 0.238 e. The molecule has 1 aromatic heterocycles. The number of hydrazine groups is 1. The van der Waals surface area contributed by atoms with Crippen LogP contribution in [0, 0.1) is 6.92 Å². The van der Waals surface area contributed by atoms with Gasteiger partial charge in [0, 0.05) is 38.1 Å². The minimum absolute atomic E-state index is 0.0682. The Balaban J connectivity index is 1.20. The van der Waals surface area contributed by atoms with Gasteiger partial charge in [-0.25, -0.2) is 10.9 Å². The third kappa shape index (κ3) is 4.41. The van der Waals surface area contributed by atoms with Crippen molar-refractivity contribution in [2.45, 2.75) is 37.8 Å². The largest absolute Gasteiger partial charge is 0.353 e. The van der Waals surface area contributed by atoms with Gasteiger partial charge in [-0.15, -0.1) is 0 Å². The van der Waals surface area contributed by atoms with Gasteiger partial charge in [0.25, 0.3) is 0 Å². The first-order valence-electron chi connectivity index (χ1n) is 10.2. The fraction of sp³-hybridized carbons (Fsp3) is 0.455. The third-order valence-electron chi connectivity index (χ3n) is 5.96. The number of benzene rings is 1. The Morgan fingerprint density at radius 3 is 2.86 bits per heavy atom. The van der Waals surface area contributed by atoms with Crippen molar-refractivity contribution in [3.05, 3.63) is 65.5 Å². The van der Waals surface area contributed by atoms with Crippen LogP contribution in [0.4, 0.5) is 0 Å². The minimum atomic E-state index is -0.198. The Hall–Kier alpha value is -2.28. The zero-order valence-electron chi connectivity index (χ0n) is 16.4. The van der Waals surface area contributed by atoms with Crippen LogP contribution in [-0.4, -0.2) is 48.0 Å². The maximum atomic E-state index is 12.5. The molecule has 4 rings (SSSR count). The highest BCUT2D eigenvalue weighted by atomic mass is 16.2. The van der Waals surface area contributed by atoms with Gasteiger partial charge in [0.1, 0.15) is 6.04 Å². The topological polar surface area (TPSA) is 69.3 Å². The van der Waals surface area contributed by atoms with Gasteiger partial charge in [-0.1, -0.05) is 24.3 Å². The number of amides is 1. The predicted molar refractivity (Wildman–Crippen MR) is 110 cm³/mol. The van der Waals surface area contributed by atoms with Crippen molar-refractivity contribution in [1.29, 1.82) is 0 Å². The van der Waals surface area contributed by atoms with Crippen molar-refractivity contribution in [2.75, 3.05) is 26.2 Å². The van der Waals surface area contributed by atoms with E-state index in [9.17, 15) is 4.79 Å². The van der Waals surface area contributed by atoms with Gasteiger partial charge >= 0.3 is 0 Å². The number of nitrogens with one attached hydrogen (secondary N) is 3. The first-order chi connectivity index (χ1) is 13.7. The molecule has 3 heterocycles. The third-order valence-corrected chi connectivity index (χ3v) is 5.96. The van der Waals surface area contributed by atoms with E-state index in [-0.39, 0.29) is 18.0 Å². The quantitative estimate of drug-likeness (QED) is 0.715. The van der Waals surface area contributed by atoms with Gasteiger partial charge < -0.3 is 10.2 Å². The molecule has 3 atom stereocenters. The summed E-state index contributed by atoms with van der Waals surface area (Å²) in [6.45, 7) is 5.97. The van der Waals surface area contributed by atoms with Crippen LogP contribution in [0.2, 0.25) is 0 Å². The predicted octanol–water partition coefficient (Wildman–Crippen LogP) is 1.90. The Morgan fingerprint density at radius 1 is 1.21 bits per heavy atom. The molecule has 3 N–H and O–H groups in total. The number of carbonyl (C=O) groups excluding carboxylic acids is 1. The number of hydrogen-bond donors (Lipinski definition) is 3. The van der Waals surface area contributed by atoms with Crippen molar-refractivity contribution >= 4 is 5.91 Å². The molecule has 1 aromatic carbocycles. The highest BCUT2D eigenvalue weighted by molar-refractivity contribution is 5.82. The first-order valence-corrected chi connectivity index (χ1v) is 10.2. The molecule has 0 aliphatic carbocycles.